The van der Waals surface area contributed by atoms with Gasteiger partial charge in [-0.2, -0.15) is 5.10 Å². The summed E-state index contributed by atoms with van der Waals surface area (Å²) in [6.45, 7) is 0.605. The standard InChI is InChI=1S/C16H15N3O3/c1-22-14-4-2-3-11(7-14)9-19-10-13-6-5-12(16(20)18-21)8-15(13)17-19/h2-8,10,21H,9H2,1H3,(H,18,20). The molecular formula is C16H15N3O3. The predicted octanol–water partition coefficient (Wildman–Crippen LogP) is 2.21. The SMILES string of the molecule is COc1cccc(Cn2cc3ccc(C(=O)NO)cc3n2)c1. The normalized spacial score (nSPS) is 10.6. The Kier molecular flexibility index (Phi) is 3.76. The first kappa shape index (κ1) is 14.1. The molecule has 112 valence electrons. The Labute approximate surface area is 126 Å². The van der Waals surface area contributed by atoms with Gasteiger partial charge in [-0.15, -0.1) is 0 Å². The number of hydrogen-bond acceptors (Lipinski definition) is 4. The second kappa shape index (κ2) is 5.87. The van der Waals surface area contributed by atoms with Crippen molar-refractivity contribution in [1.82, 2.24) is 15.3 Å². The van der Waals surface area contributed by atoms with Crippen molar-refractivity contribution in [3.63, 3.8) is 0 Å². The molecule has 0 aliphatic carbocycles. The molecule has 1 aromatic heterocycles. The van der Waals surface area contributed by atoms with Crippen molar-refractivity contribution in [2.45, 2.75) is 6.54 Å². The van der Waals surface area contributed by atoms with E-state index < -0.39 is 5.91 Å². The second-order valence-electron chi connectivity index (χ2n) is 4.89. The third kappa shape index (κ3) is 2.77. The van der Waals surface area contributed by atoms with Gasteiger partial charge >= 0.3 is 0 Å². The van der Waals surface area contributed by atoms with Crippen LogP contribution in [0.1, 0.15) is 15.9 Å². The van der Waals surface area contributed by atoms with Gasteiger partial charge in [-0.1, -0.05) is 18.2 Å². The lowest BCUT2D eigenvalue weighted by atomic mass is 10.1. The Morgan fingerprint density at radius 2 is 2.18 bits per heavy atom. The summed E-state index contributed by atoms with van der Waals surface area (Å²) in [5, 5.41) is 14.1. The van der Waals surface area contributed by atoms with Crippen molar-refractivity contribution >= 4 is 16.8 Å². The first-order valence-electron chi connectivity index (χ1n) is 6.74. The van der Waals surface area contributed by atoms with Gasteiger partial charge < -0.3 is 4.74 Å². The molecule has 0 bridgehead atoms. The number of hydrogen-bond donors (Lipinski definition) is 2. The van der Waals surface area contributed by atoms with Gasteiger partial charge in [0.25, 0.3) is 5.91 Å². The summed E-state index contributed by atoms with van der Waals surface area (Å²) in [5.74, 6) is 0.250. The number of carbonyl (C=O) groups is 1. The fourth-order valence-corrected chi connectivity index (χ4v) is 2.31. The van der Waals surface area contributed by atoms with Gasteiger partial charge in [0, 0.05) is 17.1 Å². The fraction of sp³-hybridized carbons (Fsp3) is 0.125. The first-order valence-corrected chi connectivity index (χ1v) is 6.74. The largest absolute Gasteiger partial charge is 0.497 e. The summed E-state index contributed by atoms with van der Waals surface area (Å²) in [6, 6.07) is 12.9. The zero-order valence-corrected chi connectivity index (χ0v) is 12.0. The van der Waals surface area contributed by atoms with Crippen molar-refractivity contribution in [2.75, 3.05) is 7.11 Å². The molecule has 0 radical (unpaired) electrons. The van der Waals surface area contributed by atoms with Gasteiger partial charge in [-0.3, -0.25) is 14.7 Å². The van der Waals surface area contributed by atoms with Crippen LogP contribution in [0.2, 0.25) is 0 Å². The molecule has 3 aromatic rings. The van der Waals surface area contributed by atoms with Crippen LogP contribution in [0.3, 0.4) is 0 Å². The highest BCUT2D eigenvalue weighted by Gasteiger charge is 2.08. The highest BCUT2D eigenvalue weighted by atomic mass is 16.5. The number of amides is 1. The average Bonchev–Trinajstić information content (AvgIpc) is 2.95. The Hall–Kier alpha value is -2.86. The molecule has 0 saturated carbocycles. The van der Waals surface area contributed by atoms with Crippen molar-refractivity contribution in [1.29, 1.82) is 0 Å². The number of ether oxygens (including phenoxy) is 1. The molecule has 0 fully saturated rings. The number of carbonyl (C=O) groups excluding carboxylic acids is 1. The van der Waals surface area contributed by atoms with Gasteiger partial charge in [-0.25, -0.2) is 5.48 Å². The molecule has 2 N–H and O–H groups in total. The summed E-state index contributed by atoms with van der Waals surface area (Å²) < 4.78 is 7.01. The van der Waals surface area contributed by atoms with Gasteiger partial charge in [0.15, 0.2) is 0 Å². The number of nitrogens with one attached hydrogen (secondary N) is 1. The third-order valence-electron chi connectivity index (χ3n) is 3.40. The topological polar surface area (TPSA) is 76.4 Å². The Morgan fingerprint density at radius 3 is 2.95 bits per heavy atom. The lowest BCUT2D eigenvalue weighted by Gasteiger charge is -2.04. The maximum Gasteiger partial charge on any atom is 0.274 e. The summed E-state index contributed by atoms with van der Waals surface area (Å²) >= 11 is 0. The summed E-state index contributed by atoms with van der Waals surface area (Å²) in [7, 11) is 1.63. The maximum absolute atomic E-state index is 11.4. The molecule has 2 aromatic carbocycles. The van der Waals surface area contributed by atoms with Crippen molar-refractivity contribution in [3.8, 4) is 5.75 Å². The molecule has 0 spiro atoms. The minimum atomic E-state index is -0.552. The molecule has 6 heteroatoms. The monoisotopic (exact) mass is 297 g/mol. The highest BCUT2D eigenvalue weighted by molar-refractivity contribution is 5.97. The number of nitrogens with zero attached hydrogens (tertiary/aromatic N) is 2. The molecule has 1 amide bonds. The van der Waals surface area contributed by atoms with E-state index in [0.29, 0.717) is 17.6 Å². The van der Waals surface area contributed by atoms with Crippen LogP contribution in [0.15, 0.2) is 48.7 Å². The van der Waals surface area contributed by atoms with Crippen LogP contribution in [0.5, 0.6) is 5.75 Å². The first-order chi connectivity index (χ1) is 10.7. The van der Waals surface area contributed by atoms with Crippen molar-refractivity contribution < 1.29 is 14.7 Å². The Bertz CT molecular complexity index is 826. The molecule has 0 aliphatic rings. The smallest absolute Gasteiger partial charge is 0.274 e. The summed E-state index contributed by atoms with van der Waals surface area (Å²) in [6.07, 6.45) is 1.91. The third-order valence-corrected chi connectivity index (χ3v) is 3.40. The molecule has 3 rings (SSSR count). The van der Waals surface area contributed by atoms with E-state index in [0.717, 1.165) is 16.7 Å². The number of rotatable bonds is 4. The van der Waals surface area contributed by atoms with Crippen LogP contribution in [0.4, 0.5) is 0 Å². The van der Waals surface area contributed by atoms with E-state index in [1.165, 1.54) is 0 Å². The quantitative estimate of drug-likeness (QED) is 0.572. The second-order valence-corrected chi connectivity index (χ2v) is 4.89. The molecule has 0 atom stereocenters. The van der Waals surface area contributed by atoms with Crippen LogP contribution in [-0.2, 0) is 6.54 Å². The number of hydroxylamine groups is 1. The van der Waals surface area contributed by atoms with Crippen molar-refractivity contribution in [3.05, 3.63) is 59.8 Å². The van der Waals surface area contributed by atoms with Crippen LogP contribution in [0, 0.1) is 0 Å². The molecule has 0 unspecified atom stereocenters. The Morgan fingerprint density at radius 1 is 1.32 bits per heavy atom. The molecule has 1 heterocycles. The lowest BCUT2D eigenvalue weighted by molar-refractivity contribution is 0.0706. The minimum absolute atomic E-state index is 0.363. The Balaban J connectivity index is 1.89. The molecular weight excluding hydrogens is 282 g/mol. The highest BCUT2D eigenvalue weighted by Crippen LogP contribution is 2.17. The number of aromatic nitrogens is 2. The zero-order chi connectivity index (χ0) is 15.5. The number of fused-ring (bicyclic) bond motifs is 1. The molecule has 0 aliphatic heterocycles. The number of methoxy groups -OCH3 is 1. The van der Waals surface area contributed by atoms with Crippen LogP contribution < -0.4 is 10.2 Å². The van der Waals surface area contributed by atoms with E-state index in [4.69, 9.17) is 9.94 Å². The van der Waals surface area contributed by atoms with Gasteiger partial charge in [0.1, 0.15) is 5.75 Å². The predicted molar refractivity (Wildman–Crippen MR) is 81.1 cm³/mol. The summed E-state index contributed by atoms with van der Waals surface area (Å²) in [5.41, 5.74) is 3.75. The van der Waals surface area contributed by atoms with Gasteiger partial charge in [0.05, 0.1) is 19.2 Å². The summed E-state index contributed by atoms with van der Waals surface area (Å²) in [4.78, 5) is 11.4. The average molecular weight is 297 g/mol. The van der Waals surface area contributed by atoms with Crippen molar-refractivity contribution in [2.24, 2.45) is 0 Å². The van der Waals surface area contributed by atoms with E-state index in [1.54, 1.807) is 35.5 Å². The zero-order valence-electron chi connectivity index (χ0n) is 12.0. The number of benzene rings is 2. The molecule has 6 nitrogen and oxygen atoms in total. The van der Waals surface area contributed by atoms with E-state index >= 15 is 0 Å². The molecule has 0 saturated heterocycles. The van der Waals surface area contributed by atoms with Gasteiger partial charge in [-0.05, 0) is 29.8 Å². The molecule has 22 heavy (non-hydrogen) atoms. The van der Waals surface area contributed by atoms with Crippen LogP contribution in [0.25, 0.3) is 10.9 Å². The minimum Gasteiger partial charge on any atom is -0.497 e. The lowest BCUT2D eigenvalue weighted by Crippen LogP contribution is -2.18. The maximum atomic E-state index is 11.4. The van der Waals surface area contributed by atoms with E-state index in [1.807, 2.05) is 30.5 Å². The van der Waals surface area contributed by atoms with Crippen LogP contribution >= 0.6 is 0 Å². The van der Waals surface area contributed by atoms with Crippen LogP contribution in [-0.4, -0.2) is 28.0 Å². The van der Waals surface area contributed by atoms with E-state index in [2.05, 4.69) is 5.10 Å². The fourth-order valence-electron chi connectivity index (χ4n) is 2.31. The van der Waals surface area contributed by atoms with Gasteiger partial charge in [0.2, 0.25) is 0 Å². The van der Waals surface area contributed by atoms with E-state index in [-0.39, 0.29) is 0 Å². The van der Waals surface area contributed by atoms with E-state index in [9.17, 15) is 4.79 Å².